The molecule has 1 unspecified atom stereocenters. The van der Waals surface area contributed by atoms with E-state index >= 15 is 0 Å². The Kier molecular flexibility index (Phi) is 3.00. The van der Waals surface area contributed by atoms with Gasteiger partial charge in [0.1, 0.15) is 4.83 Å². The van der Waals surface area contributed by atoms with Gasteiger partial charge in [0, 0.05) is 15.5 Å². The highest BCUT2D eigenvalue weighted by Crippen LogP contribution is 2.34. The van der Waals surface area contributed by atoms with Gasteiger partial charge in [-0.15, -0.1) is 23.1 Å². The first kappa shape index (κ1) is 12.7. The number of fused-ring (bicyclic) bond motifs is 3. The number of thiophene rings is 1. The minimum Gasteiger partial charge on any atom is -0.294 e. The molecule has 20 heavy (non-hydrogen) atoms. The maximum Gasteiger partial charge on any atom is 0.262 e. The van der Waals surface area contributed by atoms with Gasteiger partial charge in [-0.3, -0.25) is 9.36 Å². The van der Waals surface area contributed by atoms with Gasteiger partial charge < -0.3 is 0 Å². The molecule has 1 aliphatic heterocycles. The number of allylic oxidation sites excluding steroid dienone is 2. The topological polar surface area (TPSA) is 34.9 Å². The van der Waals surface area contributed by atoms with Gasteiger partial charge in [0.05, 0.1) is 18.3 Å². The Morgan fingerprint density at radius 3 is 3.15 bits per heavy atom. The summed E-state index contributed by atoms with van der Waals surface area (Å²) in [7, 11) is 0. The minimum atomic E-state index is 0.149. The first-order chi connectivity index (χ1) is 9.72. The fourth-order valence-corrected chi connectivity index (χ4v) is 5.40. The summed E-state index contributed by atoms with van der Waals surface area (Å²) in [6.45, 7) is 2.90. The van der Waals surface area contributed by atoms with Crippen molar-refractivity contribution in [3.63, 3.8) is 0 Å². The summed E-state index contributed by atoms with van der Waals surface area (Å²) in [6.07, 6.45) is 7.35. The van der Waals surface area contributed by atoms with Crippen molar-refractivity contribution in [2.24, 2.45) is 5.92 Å². The number of nitrogens with zero attached hydrogens (tertiary/aromatic N) is 2. The molecule has 5 heteroatoms. The summed E-state index contributed by atoms with van der Waals surface area (Å²) in [5, 5.41) is 0.890. The van der Waals surface area contributed by atoms with Crippen LogP contribution in [0.3, 0.4) is 0 Å². The highest BCUT2D eigenvalue weighted by molar-refractivity contribution is 8.03. The fraction of sp³-hybridized carbons (Fsp3) is 0.467. The Bertz CT molecular complexity index is 772. The molecular weight excluding hydrogens is 288 g/mol. The molecule has 2 aromatic rings. The molecule has 3 nitrogen and oxygen atoms in total. The monoisotopic (exact) mass is 304 g/mol. The molecule has 0 bridgehead atoms. The second-order valence-corrected chi connectivity index (χ2v) is 7.87. The third-order valence-electron chi connectivity index (χ3n) is 4.02. The molecular formula is C15H16N2OS2. The molecule has 1 atom stereocenters. The maximum absolute atomic E-state index is 12.7. The highest BCUT2D eigenvalue weighted by Gasteiger charge is 2.21. The van der Waals surface area contributed by atoms with Crippen molar-refractivity contribution < 1.29 is 0 Å². The molecule has 0 aromatic carbocycles. The molecule has 0 N–H and O–H groups in total. The number of aromatic nitrogens is 2. The maximum atomic E-state index is 12.7. The SMILES string of the molecule is CC1C=C(Cn2cnc3sc4c(c3c2=O)CCC4)SC1. The van der Waals surface area contributed by atoms with Crippen molar-refractivity contribution >= 4 is 33.3 Å². The van der Waals surface area contributed by atoms with Gasteiger partial charge >= 0.3 is 0 Å². The smallest absolute Gasteiger partial charge is 0.262 e. The van der Waals surface area contributed by atoms with Crippen LogP contribution in [0.2, 0.25) is 0 Å². The van der Waals surface area contributed by atoms with Crippen molar-refractivity contribution in [3.05, 3.63) is 38.1 Å². The van der Waals surface area contributed by atoms with Crippen LogP contribution in [-0.4, -0.2) is 15.3 Å². The van der Waals surface area contributed by atoms with Crippen molar-refractivity contribution in [2.45, 2.75) is 32.7 Å². The first-order valence-corrected chi connectivity index (χ1v) is 8.86. The molecule has 0 saturated heterocycles. The van der Waals surface area contributed by atoms with Crippen molar-refractivity contribution in [2.75, 3.05) is 5.75 Å². The predicted octanol–water partition coefficient (Wildman–Crippen LogP) is 3.21. The van der Waals surface area contributed by atoms with Gasteiger partial charge in [-0.2, -0.15) is 0 Å². The highest BCUT2D eigenvalue weighted by atomic mass is 32.2. The Morgan fingerprint density at radius 2 is 2.35 bits per heavy atom. The van der Waals surface area contributed by atoms with Gasteiger partial charge in [0.15, 0.2) is 0 Å². The number of rotatable bonds is 2. The average Bonchev–Trinajstić information content (AvgIpc) is 3.08. The number of hydrogen-bond acceptors (Lipinski definition) is 4. The van der Waals surface area contributed by atoms with E-state index < -0.39 is 0 Å². The van der Waals surface area contributed by atoms with Crippen molar-refractivity contribution in [1.29, 1.82) is 0 Å². The zero-order chi connectivity index (χ0) is 13.7. The lowest BCUT2D eigenvalue weighted by atomic mass is 10.2. The van der Waals surface area contributed by atoms with Gasteiger partial charge in [0.2, 0.25) is 0 Å². The molecule has 3 heterocycles. The Balaban J connectivity index is 1.79. The number of aryl methyl sites for hydroxylation is 2. The quantitative estimate of drug-likeness (QED) is 0.854. The van der Waals surface area contributed by atoms with E-state index in [0.717, 1.165) is 28.8 Å². The third-order valence-corrected chi connectivity index (χ3v) is 6.55. The molecule has 0 spiro atoms. The van der Waals surface area contributed by atoms with E-state index in [2.05, 4.69) is 18.0 Å². The van der Waals surface area contributed by atoms with Gasteiger partial charge in [0.25, 0.3) is 5.56 Å². The largest absolute Gasteiger partial charge is 0.294 e. The van der Waals surface area contributed by atoms with Crippen LogP contribution in [-0.2, 0) is 19.4 Å². The molecule has 2 aliphatic rings. The van der Waals surface area contributed by atoms with E-state index in [1.807, 2.05) is 11.8 Å². The molecule has 1 aliphatic carbocycles. The summed E-state index contributed by atoms with van der Waals surface area (Å²) in [5.74, 6) is 1.75. The van der Waals surface area contributed by atoms with E-state index in [1.54, 1.807) is 22.2 Å². The summed E-state index contributed by atoms with van der Waals surface area (Å²) in [4.78, 5) is 20.8. The van der Waals surface area contributed by atoms with E-state index in [4.69, 9.17) is 0 Å². The molecule has 4 rings (SSSR count). The van der Waals surface area contributed by atoms with E-state index in [0.29, 0.717) is 12.5 Å². The number of hydrogen-bond donors (Lipinski definition) is 0. The van der Waals surface area contributed by atoms with Crippen LogP contribution in [0.1, 0.15) is 23.8 Å². The van der Waals surface area contributed by atoms with Crippen LogP contribution in [0, 0.1) is 5.92 Å². The van der Waals surface area contributed by atoms with Crippen LogP contribution in [0.25, 0.3) is 10.2 Å². The number of thioether (sulfide) groups is 1. The molecule has 2 aromatic heterocycles. The lowest BCUT2D eigenvalue weighted by Gasteiger charge is -2.06. The third kappa shape index (κ3) is 1.95. The van der Waals surface area contributed by atoms with Crippen LogP contribution in [0.15, 0.2) is 22.1 Å². The fourth-order valence-electron chi connectivity index (χ4n) is 3.05. The van der Waals surface area contributed by atoms with E-state index in [1.165, 1.54) is 21.8 Å². The standard InChI is InChI=1S/C15H16N2OS2/c1-9-5-10(19-7-9)6-17-8-16-14-13(15(17)18)11-3-2-4-12(11)20-14/h5,8-9H,2-4,6-7H2,1H3. The second-order valence-electron chi connectivity index (χ2n) is 5.64. The average molecular weight is 304 g/mol. The Hall–Kier alpha value is -1.07. The zero-order valence-electron chi connectivity index (χ0n) is 11.4. The normalized spacial score (nSPS) is 21.4. The molecule has 0 fully saturated rings. The zero-order valence-corrected chi connectivity index (χ0v) is 13.0. The van der Waals surface area contributed by atoms with Crippen molar-refractivity contribution in [1.82, 2.24) is 9.55 Å². The van der Waals surface area contributed by atoms with Crippen molar-refractivity contribution in [3.8, 4) is 0 Å². The first-order valence-electron chi connectivity index (χ1n) is 7.05. The summed E-state index contributed by atoms with van der Waals surface area (Å²) < 4.78 is 1.78. The van der Waals surface area contributed by atoms with E-state index in [-0.39, 0.29) is 5.56 Å². The lowest BCUT2D eigenvalue weighted by molar-refractivity contribution is 0.754. The van der Waals surface area contributed by atoms with Gasteiger partial charge in [-0.25, -0.2) is 4.98 Å². The summed E-state index contributed by atoms with van der Waals surface area (Å²) >= 11 is 3.57. The summed E-state index contributed by atoms with van der Waals surface area (Å²) in [5.41, 5.74) is 1.42. The van der Waals surface area contributed by atoms with Gasteiger partial charge in [-0.05, 0) is 30.7 Å². The van der Waals surface area contributed by atoms with Crippen LogP contribution >= 0.6 is 23.1 Å². The lowest BCUT2D eigenvalue weighted by Crippen LogP contribution is -2.21. The molecule has 0 amide bonds. The van der Waals surface area contributed by atoms with E-state index in [9.17, 15) is 4.79 Å². The minimum absolute atomic E-state index is 0.149. The molecule has 104 valence electrons. The van der Waals surface area contributed by atoms with Crippen LogP contribution < -0.4 is 5.56 Å². The Morgan fingerprint density at radius 1 is 1.45 bits per heavy atom. The predicted molar refractivity (Wildman–Crippen MR) is 85.6 cm³/mol. The molecule has 0 saturated carbocycles. The molecule has 0 radical (unpaired) electrons. The van der Waals surface area contributed by atoms with Crippen LogP contribution in [0.5, 0.6) is 0 Å². The second kappa shape index (κ2) is 4.74. The van der Waals surface area contributed by atoms with Crippen LogP contribution in [0.4, 0.5) is 0 Å². The summed E-state index contributed by atoms with van der Waals surface area (Å²) in [6, 6.07) is 0. The van der Waals surface area contributed by atoms with Gasteiger partial charge in [-0.1, -0.05) is 13.0 Å². The Labute approximate surface area is 125 Å².